The van der Waals surface area contributed by atoms with Crippen LogP contribution in [0.5, 0.6) is 0 Å². The van der Waals surface area contributed by atoms with Crippen LogP contribution in [0.15, 0.2) is 0 Å². The summed E-state index contributed by atoms with van der Waals surface area (Å²) in [6.45, 7) is 0.0358. The molecular weight excluding hydrogens is 208 g/mol. The van der Waals surface area contributed by atoms with Gasteiger partial charge in [0.05, 0.1) is 18.8 Å². The summed E-state index contributed by atoms with van der Waals surface area (Å²) < 4.78 is 11.5. The van der Waals surface area contributed by atoms with Crippen molar-refractivity contribution in [1.29, 1.82) is 0 Å². The molecule has 2 fully saturated rings. The third kappa shape index (κ3) is 1.96. The van der Waals surface area contributed by atoms with Crippen LogP contribution in [0, 0.1) is 12.3 Å². The van der Waals surface area contributed by atoms with Gasteiger partial charge in [0.1, 0.15) is 11.7 Å². The molecule has 0 aromatic carbocycles. The topological polar surface area (TPSA) is 58.9 Å². The van der Waals surface area contributed by atoms with Crippen molar-refractivity contribution in [1.82, 2.24) is 0 Å². The van der Waals surface area contributed by atoms with Gasteiger partial charge < -0.3 is 19.7 Å². The highest BCUT2D eigenvalue weighted by atomic mass is 16.6. The van der Waals surface area contributed by atoms with E-state index in [9.17, 15) is 5.11 Å². The molecule has 0 spiro atoms. The molecular formula is C12H18O4. The van der Waals surface area contributed by atoms with Crippen molar-refractivity contribution in [2.24, 2.45) is 0 Å². The maximum absolute atomic E-state index is 9.52. The lowest BCUT2D eigenvalue weighted by atomic mass is 9.87. The fourth-order valence-electron chi connectivity index (χ4n) is 2.65. The first-order valence-corrected chi connectivity index (χ1v) is 5.75. The Morgan fingerprint density at radius 1 is 1.38 bits per heavy atom. The van der Waals surface area contributed by atoms with Gasteiger partial charge in [0, 0.05) is 13.0 Å². The van der Waals surface area contributed by atoms with Gasteiger partial charge >= 0.3 is 0 Å². The number of terminal acetylenes is 1. The molecule has 2 aliphatic heterocycles. The molecule has 2 heterocycles. The van der Waals surface area contributed by atoms with Crippen molar-refractivity contribution in [3.63, 3.8) is 0 Å². The van der Waals surface area contributed by atoms with E-state index in [1.54, 1.807) is 0 Å². The Balaban J connectivity index is 2.08. The van der Waals surface area contributed by atoms with Crippen molar-refractivity contribution < 1.29 is 19.7 Å². The highest BCUT2D eigenvalue weighted by molar-refractivity contribution is 5.09. The Kier molecular flexibility index (Phi) is 3.50. The molecule has 4 atom stereocenters. The smallest absolute Gasteiger partial charge is 0.121 e. The standard InChI is InChI=1S/C12H18O4/c1-2-9-7-12(8-14)11(15-9)4-3-10(16-12)5-6-13/h1,9-11,13-14H,3-8H2. The molecule has 0 aromatic heterocycles. The minimum Gasteiger partial charge on any atom is -0.396 e. The maximum Gasteiger partial charge on any atom is 0.121 e. The van der Waals surface area contributed by atoms with Gasteiger partial charge in [-0.1, -0.05) is 5.92 Å². The summed E-state index contributed by atoms with van der Waals surface area (Å²) in [4.78, 5) is 0. The van der Waals surface area contributed by atoms with Crippen LogP contribution in [-0.4, -0.2) is 47.3 Å². The highest BCUT2D eigenvalue weighted by Gasteiger charge is 2.52. The Bertz CT molecular complexity index is 285. The van der Waals surface area contributed by atoms with Crippen LogP contribution >= 0.6 is 0 Å². The van der Waals surface area contributed by atoms with E-state index in [0.29, 0.717) is 12.8 Å². The lowest BCUT2D eigenvalue weighted by Gasteiger charge is -2.40. The molecule has 2 saturated heterocycles. The number of rotatable bonds is 3. The van der Waals surface area contributed by atoms with E-state index in [4.69, 9.17) is 21.0 Å². The number of aliphatic hydroxyl groups excluding tert-OH is 2. The van der Waals surface area contributed by atoms with Gasteiger partial charge in [-0.05, 0) is 19.3 Å². The molecule has 4 unspecified atom stereocenters. The first-order valence-electron chi connectivity index (χ1n) is 5.75. The number of hydrogen-bond donors (Lipinski definition) is 2. The van der Waals surface area contributed by atoms with Crippen LogP contribution in [0.2, 0.25) is 0 Å². The third-order valence-corrected chi connectivity index (χ3v) is 3.50. The van der Waals surface area contributed by atoms with E-state index in [-0.39, 0.29) is 31.5 Å². The molecule has 2 rings (SSSR count). The van der Waals surface area contributed by atoms with E-state index >= 15 is 0 Å². The molecule has 0 bridgehead atoms. The molecule has 16 heavy (non-hydrogen) atoms. The quantitative estimate of drug-likeness (QED) is 0.669. The summed E-state index contributed by atoms with van der Waals surface area (Å²) in [6, 6.07) is 0. The molecule has 4 heteroatoms. The molecule has 2 aliphatic rings. The SMILES string of the molecule is C#CC1CC2(CO)OC(CCO)CCC2O1. The summed E-state index contributed by atoms with van der Waals surface area (Å²) in [5.41, 5.74) is -0.644. The fraction of sp³-hybridized carbons (Fsp3) is 0.833. The van der Waals surface area contributed by atoms with E-state index in [0.717, 1.165) is 12.8 Å². The van der Waals surface area contributed by atoms with Crippen LogP contribution in [0.25, 0.3) is 0 Å². The van der Waals surface area contributed by atoms with Crippen molar-refractivity contribution in [3.8, 4) is 12.3 Å². The Morgan fingerprint density at radius 2 is 2.19 bits per heavy atom. The summed E-state index contributed by atoms with van der Waals surface area (Å²) >= 11 is 0. The average molecular weight is 226 g/mol. The minimum atomic E-state index is -0.644. The van der Waals surface area contributed by atoms with Gasteiger partial charge in [-0.25, -0.2) is 0 Å². The summed E-state index contributed by atoms with van der Waals surface area (Å²) in [6.07, 6.45) is 7.83. The Hall–Kier alpha value is -0.600. The van der Waals surface area contributed by atoms with Crippen LogP contribution in [0.3, 0.4) is 0 Å². The van der Waals surface area contributed by atoms with E-state index in [1.165, 1.54) is 0 Å². The molecule has 4 nitrogen and oxygen atoms in total. The zero-order valence-corrected chi connectivity index (χ0v) is 9.26. The molecule has 2 N–H and O–H groups in total. The van der Waals surface area contributed by atoms with Crippen molar-refractivity contribution in [2.75, 3.05) is 13.2 Å². The molecule has 0 saturated carbocycles. The van der Waals surface area contributed by atoms with Gasteiger partial charge in [0.25, 0.3) is 0 Å². The summed E-state index contributed by atoms with van der Waals surface area (Å²) in [5, 5.41) is 18.4. The first kappa shape index (κ1) is 11.9. The molecule has 0 radical (unpaired) electrons. The van der Waals surface area contributed by atoms with Crippen molar-refractivity contribution in [3.05, 3.63) is 0 Å². The van der Waals surface area contributed by atoms with Crippen LogP contribution in [0.4, 0.5) is 0 Å². The predicted molar refractivity (Wildman–Crippen MR) is 57.7 cm³/mol. The van der Waals surface area contributed by atoms with E-state index in [1.807, 2.05) is 0 Å². The first-order chi connectivity index (χ1) is 7.74. The predicted octanol–water partition coefficient (Wildman–Crippen LogP) is 0.0696. The average Bonchev–Trinajstić information content (AvgIpc) is 2.68. The Morgan fingerprint density at radius 3 is 2.81 bits per heavy atom. The molecule has 0 aliphatic carbocycles. The van der Waals surface area contributed by atoms with E-state index in [2.05, 4.69) is 5.92 Å². The summed E-state index contributed by atoms with van der Waals surface area (Å²) in [7, 11) is 0. The van der Waals surface area contributed by atoms with Crippen LogP contribution in [0.1, 0.15) is 25.7 Å². The second kappa shape index (κ2) is 4.72. The van der Waals surface area contributed by atoms with Gasteiger partial charge in [0.15, 0.2) is 0 Å². The van der Waals surface area contributed by atoms with Gasteiger partial charge in [-0.2, -0.15) is 0 Å². The number of hydrogen-bond acceptors (Lipinski definition) is 4. The third-order valence-electron chi connectivity index (χ3n) is 3.50. The van der Waals surface area contributed by atoms with Crippen molar-refractivity contribution in [2.45, 2.75) is 49.6 Å². The number of aliphatic hydroxyl groups is 2. The summed E-state index contributed by atoms with van der Waals surface area (Å²) in [5.74, 6) is 2.56. The number of fused-ring (bicyclic) bond motifs is 1. The lowest BCUT2D eigenvalue weighted by molar-refractivity contribution is -0.184. The highest BCUT2D eigenvalue weighted by Crippen LogP contribution is 2.41. The maximum atomic E-state index is 9.52. The zero-order chi connectivity index (χ0) is 11.6. The molecule has 90 valence electrons. The fourth-order valence-corrected chi connectivity index (χ4v) is 2.65. The number of ether oxygens (including phenoxy) is 2. The second-order valence-electron chi connectivity index (χ2n) is 4.54. The zero-order valence-electron chi connectivity index (χ0n) is 9.26. The van der Waals surface area contributed by atoms with Gasteiger partial charge in [-0.15, -0.1) is 6.42 Å². The van der Waals surface area contributed by atoms with Crippen molar-refractivity contribution >= 4 is 0 Å². The second-order valence-corrected chi connectivity index (χ2v) is 4.54. The monoisotopic (exact) mass is 226 g/mol. The van der Waals surface area contributed by atoms with E-state index < -0.39 is 5.60 Å². The molecule has 0 amide bonds. The molecule has 0 aromatic rings. The van der Waals surface area contributed by atoms with Gasteiger partial charge in [-0.3, -0.25) is 0 Å². The normalized spacial score (nSPS) is 42.7. The van der Waals surface area contributed by atoms with Crippen LogP contribution in [-0.2, 0) is 9.47 Å². The van der Waals surface area contributed by atoms with Gasteiger partial charge in [0.2, 0.25) is 0 Å². The minimum absolute atomic E-state index is 0.00789. The largest absolute Gasteiger partial charge is 0.396 e. The van der Waals surface area contributed by atoms with Crippen LogP contribution < -0.4 is 0 Å². The Labute approximate surface area is 95.6 Å². The lowest BCUT2D eigenvalue weighted by Crippen LogP contribution is -2.51.